The maximum absolute atomic E-state index is 12.6. The van der Waals surface area contributed by atoms with E-state index in [1.807, 2.05) is 29.2 Å². The zero-order valence-corrected chi connectivity index (χ0v) is 11.1. The second kappa shape index (κ2) is 4.61. The quantitative estimate of drug-likeness (QED) is 0.827. The average molecular weight is 257 g/mol. The van der Waals surface area contributed by atoms with Gasteiger partial charge in [0.1, 0.15) is 5.69 Å². The van der Waals surface area contributed by atoms with E-state index in [9.17, 15) is 4.79 Å². The first-order chi connectivity index (χ1) is 9.20. The second-order valence-electron chi connectivity index (χ2n) is 5.22. The molecule has 2 aromatic rings. The van der Waals surface area contributed by atoms with Crippen molar-refractivity contribution in [3.63, 3.8) is 0 Å². The zero-order chi connectivity index (χ0) is 13.4. The minimum atomic E-state index is 0.0972. The van der Waals surface area contributed by atoms with Crippen molar-refractivity contribution in [2.24, 2.45) is 0 Å². The van der Waals surface area contributed by atoms with Gasteiger partial charge < -0.3 is 15.6 Å². The maximum Gasteiger partial charge on any atom is 0.270 e. The summed E-state index contributed by atoms with van der Waals surface area (Å²) >= 11 is 0. The molecule has 1 fully saturated rings. The van der Waals surface area contributed by atoms with Gasteiger partial charge in [-0.15, -0.1) is 0 Å². The lowest BCUT2D eigenvalue weighted by molar-refractivity contribution is 0.0738. The van der Waals surface area contributed by atoms with Crippen LogP contribution in [0.5, 0.6) is 0 Å². The van der Waals surface area contributed by atoms with Crippen molar-refractivity contribution in [2.45, 2.75) is 32.2 Å². The summed E-state index contributed by atoms with van der Waals surface area (Å²) in [5.41, 5.74) is 8.11. The number of aromatic nitrogens is 1. The van der Waals surface area contributed by atoms with Crippen LogP contribution in [-0.2, 0) is 0 Å². The number of carbonyl (C=O) groups excluding carboxylic acids is 1. The van der Waals surface area contributed by atoms with E-state index in [1.54, 1.807) is 0 Å². The fourth-order valence-corrected chi connectivity index (χ4v) is 2.53. The number of nitrogens with two attached hydrogens (primary N) is 1. The minimum absolute atomic E-state index is 0.0972. The van der Waals surface area contributed by atoms with Crippen LogP contribution in [0.1, 0.15) is 36.7 Å². The summed E-state index contributed by atoms with van der Waals surface area (Å²) in [6.45, 7) is 2.93. The Morgan fingerprint density at radius 1 is 1.47 bits per heavy atom. The Balaban J connectivity index is 1.94. The molecule has 19 heavy (non-hydrogen) atoms. The number of carbonyl (C=O) groups is 1. The first-order valence-corrected chi connectivity index (χ1v) is 6.89. The summed E-state index contributed by atoms with van der Waals surface area (Å²) in [7, 11) is 0. The average Bonchev–Trinajstić information content (AvgIpc) is 3.14. The number of para-hydroxylation sites is 1. The van der Waals surface area contributed by atoms with Gasteiger partial charge >= 0.3 is 0 Å². The van der Waals surface area contributed by atoms with E-state index in [1.165, 1.54) is 0 Å². The van der Waals surface area contributed by atoms with Gasteiger partial charge in [0.2, 0.25) is 0 Å². The third kappa shape index (κ3) is 2.18. The molecule has 0 spiro atoms. The van der Waals surface area contributed by atoms with Crippen molar-refractivity contribution in [2.75, 3.05) is 12.3 Å². The molecule has 1 aromatic carbocycles. The van der Waals surface area contributed by atoms with Crippen LogP contribution in [0, 0.1) is 0 Å². The van der Waals surface area contributed by atoms with E-state index in [-0.39, 0.29) is 5.91 Å². The van der Waals surface area contributed by atoms with E-state index in [2.05, 4.69) is 11.9 Å². The van der Waals surface area contributed by atoms with Crippen molar-refractivity contribution in [1.82, 2.24) is 9.88 Å². The summed E-state index contributed by atoms with van der Waals surface area (Å²) in [5, 5.41) is 0.996. The van der Waals surface area contributed by atoms with Gasteiger partial charge in [0.15, 0.2) is 0 Å². The number of anilines is 1. The van der Waals surface area contributed by atoms with Gasteiger partial charge in [0.25, 0.3) is 5.91 Å². The van der Waals surface area contributed by atoms with Crippen LogP contribution in [0.15, 0.2) is 24.3 Å². The number of nitrogen functional groups attached to an aromatic ring is 1. The molecule has 1 aliphatic rings. The van der Waals surface area contributed by atoms with Gasteiger partial charge in [-0.1, -0.05) is 19.1 Å². The number of nitrogens with one attached hydrogen (secondary N) is 1. The molecule has 0 bridgehead atoms. The number of nitrogens with zero attached hydrogens (tertiary/aromatic N) is 1. The number of fused-ring (bicyclic) bond motifs is 1. The number of hydrogen-bond donors (Lipinski definition) is 2. The van der Waals surface area contributed by atoms with E-state index in [0.29, 0.717) is 17.4 Å². The van der Waals surface area contributed by atoms with Gasteiger partial charge in [-0.05, 0) is 31.4 Å². The molecule has 0 unspecified atom stereocenters. The molecular formula is C15H19N3O. The fraction of sp³-hybridized carbons (Fsp3) is 0.400. The first-order valence-electron chi connectivity index (χ1n) is 6.89. The monoisotopic (exact) mass is 257 g/mol. The van der Waals surface area contributed by atoms with Crippen molar-refractivity contribution < 1.29 is 4.79 Å². The lowest BCUT2D eigenvalue weighted by Gasteiger charge is -2.20. The highest BCUT2D eigenvalue weighted by atomic mass is 16.2. The van der Waals surface area contributed by atoms with Gasteiger partial charge in [0.05, 0.1) is 11.2 Å². The van der Waals surface area contributed by atoms with Crippen LogP contribution in [0.2, 0.25) is 0 Å². The number of H-pyrrole nitrogens is 1. The molecule has 4 heteroatoms. The van der Waals surface area contributed by atoms with E-state index in [4.69, 9.17) is 5.73 Å². The third-order valence-electron chi connectivity index (χ3n) is 3.63. The summed E-state index contributed by atoms with van der Waals surface area (Å²) in [4.78, 5) is 17.7. The Hall–Kier alpha value is -1.97. The van der Waals surface area contributed by atoms with Crippen molar-refractivity contribution >= 4 is 22.5 Å². The highest BCUT2D eigenvalue weighted by molar-refractivity contribution is 6.01. The molecule has 1 aromatic heterocycles. The van der Waals surface area contributed by atoms with Crippen LogP contribution in [0.3, 0.4) is 0 Å². The van der Waals surface area contributed by atoms with Crippen LogP contribution in [0.25, 0.3) is 10.9 Å². The predicted octanol–water partition coefficient (Wildman–Crippen LogP) is 2.76. The van der Waals surface area contributed by atoms with E-state index >= 15 is 0 Å². The molecule has 100 valence electrons. The van der Waals surface area contributed by atoms with Crippen LogP contribution in [-0.4, -0.2) is 28.4 Å². The Kier molecular flexibility index (Phi) is 2.93. The molecule has 3 rings (SSSR count). The van der Waals surface area contributed by atoms with Crippen LogP contribution < -0.4 is 5.73 Å². The molecule has 3 N–H and O–H groups in total. The molecule has 1 saturated carbocycles. The number of rotatable bonds is 4. The molecule has 1 heterocycles. The molecule has 0 atom stereocenters. The maximum atomic E-state index is 12.6. The topological polar surface area (TPSA) is 62.1 Å². The SMILES string of the molecule is CCCN(C(=O)c1cc2cccc(N)c2[nH]1)C1CC1. The molecule has 1 aliphatic carbocycles. The Morgan fingerprint density at radius 2 is 2.26 bits per heavy atom. The molecule has 0 radical (unpaired) electrons. The van der Waals surface area contributed by atoms with Crippen LogP contribution in [0.4, 0.5) is 5.69 Å². The summed E-state index contributed by atoms with van der Waals surface area (Å²) in [6.07, 6.45) is 3.26. The Morgan fingerprint density at radius 3 is 2.89 bits per heavy atom. The van der Waals surface area contributed by atoms with E-state index < -0.39 is 0 Å². The number of benzene rings is 1. The lowest BCUT2D eigenvalue weighted by Crippen LogP contribution is -2.33. The number of amides is 1. The molecule has 1 amide bonds. The van der Waals surface area contributed by atoms with Gasteiger partial charge in [-0.3, -0.25) is 4.79 Å². The second-order valence-corrected chi connectivity index (χ2v) is 5.22. The Bertz CT molecular complexity index is 613. The van der Waals surface area contributed by atoms with Crippen LogP contribution >= 0.6 is 0 Å². The predicted molar refractivity (Wildman–Crippen MR) is 77.1 cm³/mol. The summed E-state index contributed by atoms with van der Waals surface area (Å²) < 4.78 is 0. The summed E-state index contributed by atoms with van der Waals surface area (Å²) in [5.74, 6) is 0.0972. The lowest BCUT2D eigenvalue weighted by atomic mass is 10.2. The smallest absolute Gasteiger partial charge is 0.270 e. The molecule has 0 saturated heterocycles. The molecule has 4 nitrogen and oxygen atoms in total. The summed E-state index contributed by atoms with van der Waals surface area (Å²) in [6, 6.07) is 8.07. The largest absolute Gasteiger partial charge is 0.397 e. The van der Waals surface area contributed by atoms with Gasteiger partial charge in [0, 0.05) is 18.0 Å². The number of hydrogen-bond acceptors (Lipinski definition) is 2. The van der Waals surface area contributed by atoms with Crippen molar-refractivity contribution in [1.29, 1.82) is 0 Å². The molecule has 0 aliphatic heterocycles. The van der Waals surface area contributed by atoms with Gasteiger partial charge in [-0.25, -0.2) is 0 Å². The minimum Gasteiger partial charge on any atom is -0.397 e. The van der Waals surface area contributed by atoms with Crippen molar-refractivity contribution in [3.8, 4) is 0 Å². The molecular weight excluding hydrogens is 238 g/mol. The highest BCUT2D eigenvalue weighted by Crippen LogP contribution is 2.29. The highest BCUT2D eigenvalue weighted by Gasteiger charge is 2.32. The number of aromatic amines is 1. The normalized spacial score (nSPS) is 14.8. The zero-order valence-electron chi connectivity index (χ0n) is 11.1. The third-order valence-corrected chi connectivity index (χ3v) is 3.63. The van der Waals surface area contributed by atoms with E-state index in [0.717, 1.165) is 36.7 Å². The standard InChI is InChI=1S/C15H19N3O/c1-2-8-18(11-6-7-11)15(19)13-9-10-4-3-5-12(16)14(10)17-13/h3-5,9,11,17H,2,6-8,16H2,1H3. The van der Waals surface area contributed by atoms with Gasteiger partial charge in [-0.2, -0.15) is 0 Å². The van der Waals surface area contributed by atoms with Crippen molar-refractivity contribution in [3.05, 3.63) is 30.0 Å². The first kappa shape index (κ1) is 12.1. The fourth-order valence-electron chi connectivity index (χ4n) is 2.53. The Labute approximate surface area is 112 Å².